The van der Waals surface area contributed by atoms with E-state index in [4.69, 9.17) is 9.15 Å². The number of aromatic nitrogens is 1. The average molecular weight is 328 g/mol. The Morgan fingerprint density at radius 3 is 2.77 bits per heavy atom. The van der Waals surface area contributed by atoms with Gasteiger partial charge in [-0.15, -0.1) is 0 Å². The molecule has 0 aliphatic heterocycles. The van der Waals surface area contributed by atoms with E-state index in [1.165, 1.54) is 16.7 Å². The first-order valence-corrected chi connectivity index (χ1v) is 8.68. The molecule has 7 nitrogen and oxygen atoms in total. The van der Waals surface area contributed by atoms with Gasteiger partial charge in [0.1, 0.15) is 0 Å². The predicted molar refractivity (Wildman–Crippen MR) is 82.4 cm³/mol. The van der Waals surface area contributed by atoms with Crippen molar-refractivity contribution in [2.45, 2.75) is 31.7 Å². The van der Waals surface area contributed by atoms with Crippen LogP contribution in [0.5, 0.6) is 0 Å². The van der Waals surface area contributed by atoms with E-state index in [9.17, 15) is 13.2 Å². The molecule has 0 aliphatic rings. The molecule has 0 fully saturated rings. The summed E-state index contributed by atoms with van der Waals surface area (Å²) in [5.74, 6) is -0.489. The maximum absolute atomic E-state index is 12.2. The first-order chi connectivity index (χ1) is 10.5. The van der Waals surface area contributed by atoms with Gasteiger partial charge in [0.2, 0.25) is 10.0 Å². The molecule has 1 N–H and O–H groups in total. The molecule has 0 unspecified atom stereocenters. The van der Waals surface area contributed by atoms with Crippen LogP contribution in [0.25, 0.3) is 11.1 Å². The fraction of sp³-hybridized carbons (Fsp3) is 0.500. The van der Waals surface area contributed by atoms with Crippen molar-refractivity contribution in [1.29, 1.82) is 0 Å². The van der Waals surface area contributed by atoms with Crippen molar-refractivity contribution in [3.05, 3.63) is 28.7 Å². The van der Waals surface area contributed by atoms with Crippen LogP contribution in [0, 0.1) is 0 Å². The molecule has 2 aromatic rings. The summed E-state index contributed by atoms with van der Waals surface area (Å²) in [4.78, 5) is 11.7. The van der Waals surface area contributed by atoms with E-state index < -0.39 is 15.8 Å². The average Bonchev–Trinajstić information content (AvgIpc) is 2.81. The fourth-order valence-electron chi connectivity index (χ4n) is 2.12. The quantitative estimate of drug-likeness (QED) is 0.738. The summed E-state index contributed by atoms with van der Waals surface area (Å²) in [5, 5.41) is 0. The Labute approximate surface area is 128 Å². The Kier molecular flexibility index (Phi) is 5.38. The van der Waals surface area contributed by atoms with Gasteiger partial charge in [-0.25, -0.2) is 17.9 Å². The number of hydrogen-bond donors (Lipinski definition) is 1. The highest BCUT2D eigenvalue weighted by Crippen LogP contribution is 2.18. The lowest BCUT2D eigenvalue weighted by Gasteiger charge is -2.07. The van der Waals surface area contributed by atoms with Crippen molar-refractivity contribution < 1.29 is 17.6 Å². The number of sulfonamides is 1. The van der Waals surface area contributed by atoms with Crippen LogP contribution < -0.4 is 10.5 Å². The lowest BCUT2D eigenvalue weighted by atomic mass is 10.3. The van der Waals surface area contributed by atoms with Gasteiger partial charge in [0, 0.05) is 32.4 Å². The minimum absolute atomic E-state index is 0.0772. The van der Waals surface area contributed by atoms with Crippen LogP contribution in [0.3, 0.4) is 0 Å². The van der Waals surface area contributed by atoms with Crippen molar-refractivity contribution in [1.82, 2.24) is 9.29 Å². The number of nitrogens with zero attached hydrogens (tertiary/aromatic N) is 1. The zero-order valence-electron chi connectivity index (χ0n) is 12.7. The minimum Gasteiger partial charge on any atom is -0.408 e. The fourth-order valence-corrected chi connectivity index (χ4v) is 3.21. The topological polar surface area (TPSA) is 90.5 Å². The van der Waals surface area contributed by atoms with Gasteiger partial charge in [0.15, 0.2) is 5.58 Å². The molecule has 1 aromatic carbocycles. The van der Waals surface area contributed by atoms with E-state index in [1.807, 2.05) is 13.8 Å². The zero-order chi connectivity index (χ0) is 16.2. The molecule has 0 atom stereocenters. The summed E-state index contributed by atoms with van der Waals surface area (Å²) < 4.78 is 38.6. The molecule has 0 radical (unpaired) electrons. The third kappa shape index (κ3) is 3.57. The van der Waals surface area contributed by atoms with E-state index in [1.54, 1.807) is 6.07 Å². The molecule has 1 heterocycles. The highest BCUT2D eigenvalue weighted by molar-refractivity contribution is 7.89. The zero-order valence-corrected chi connectivity index (χ0v) is 13.5. The molecule has 122 valence electrons. The molecule has 0 aliphatic carbocycles. The number of rotatable bonds is 8. The minimum atomic E-state index is -3.63. The van der Waals surface area contributed by atoms with E-state index in [0.717, 1.165) is 0 Å². The molecule has 1 aromatic heterocycles. The van der Waals surface area contributed by atoms with Gasteiger partial charge in [-0.3, -0.25) is 4.57 Å². The van der Waals surface area contributed by atoms with Crippen LogP contribution in [-0.4, -0.2) is 32.7 Å². The molecule has 22 heavy (non-hydrogen) atoms. The van der Waals surface area contributed by atoms with E-state index in [2.05, 4.69) is 4.72 Å². The standard InChI is InChI=1S/C14H20N2O5S/c1-3-16-12-7-6-11(10-13(12)21-14(16)17)22(18,19)15-8-5-9-20-4-2/h6-7,10,15H,3-5,8-9H2,1-2H3. The number of benzene rings is 1. The largest absolute Gasteiger partial charge is 0.419 e. The molecule has 0 bridgehead atoms. The predicted octanol–water partition coefficient (Wildman–Crippen LogP) is 1.32. The highest BCUT2D eigenvalue weighted by atomic mass is 32.2. The highest BCUT2D eigenvalue weighted by Gasteiger charge is 2.16. The van der Waals surface area contributed by atoms with Gasteiger partial charge in [-0.1, -0.05) is 0 Å². The maximum Gasteiger partial charge on any atom is 0.419 e. The van der Waals surface area contributed by atoms with Gasteiger partial charge >= 0.3 is 5.76 Å². The smallest absolute Gasteiger partial charge is 0.408 e. The first kappa shape index (κ1) is 16.7. The number of oxazole rings is 1. The van der Waals surface area contributed by atoms with Crippen LogP contribution >= 0.6 is 0 Å². The number of fused-ring (bicyclic) bond motifs is 1. The Balaban J connectivity index is 2.17. The molecule has 0 amide bonds. The van der Waals surface area contributed by atoms with Gasteiger partial charge < -0.3 is 9.15 Å². The van der Waals surface area contributed by atoms with Gasteiger partial charge in [0.25, 0.3) is 0 Å². The second-order valence-electron chi connectivity index (χ2n) is 4.69. The number of aryl methyl sites for hydroxylation is 1. The summed E-state index contributed by atoms with van der Waals surface area (Å²) in [6.45, 7) is 5.58. The van der Waals surface area contributed by atoms with E-state index >= 15 is 0 Å². The Bertz CT molecular complexity index is 791. The molecule has 0 saturated carbocycles. The summed E-state index contributed by atoms with van der Waals surface area (Å²) in [5.41, 5.74) is 0.854. The van der Waals surface area contributed by atoms with Gasteiger partial charge in [-0.05, 0) is 32.4 Å². The Hall–Kier alpha value is -1.64. The normalized spacial score (nSPS) is 12.1. The summed E-state index contributed by atoms with van der Waals surface area (Å²) >= 11 is 0. The Morgan fingerprint density at radius 2 is 2.09 bits per heavy atom. The monoisotopic (exact) mass is 328 g/mol. The summed E-state index contributed by atoms with van der Waals surface area (Å²) in [7, 11) is -3.63. The van der Waals surface area contributed by atoms with Crippen LogP contribution in [0.15, 0.2) is 32.3 Å². The molecular formula is C14H20N2O5S. The summed E-state index contributed by atoms with van der Waals surface area (Å²) in [6.07, 6.45) is 0.594. The van der Waals surface area contributed by atoms with Crippen LogP contribution in [-0.2, 0) is 21.3 Å². The Morgan fingerprint density at radius 1 is 1.32 bits per heavy atom. The number of nitrogens with one attached hydrogen (secondary N) is 1. The van der Waals surface area contributed by atoms with Crippen molar-refractivity contribution in [3.63, 3.8) is 0 Å². The van der Waals surface area contributed by atoms with Gasteiger partial charge in [-0.2, -0.15) is 0 Å². The lowest BCUT2D eigenvalue weighted by molar-refractivity contribution is 0.146. The number of hydrogen-bond acceptors (Lipinski definition) is 5. The maximum atomic E-state index is 12.2. The molecule has 2 rings (SSSR count). The third-order valence-electron chi connectivity index (χ3n) is 3.23. The van der Waals surface area contributed by atoms with Crippen molar-refractivity contribution in [2.75, 3.05) is 19.8 Å². The second kappa shape index (κ2) is 7.08. The summed E-state index contributed by atoms with van der Waals surface area (Å²) in [6, 6.07) is 4.42. The van der Waals surface area contributed by atoms with Crippen molar-refractivity contribution in [2.24, 2.45) is 0 Å². The third-order valence-corrected chi connectivity index (χ3v) is 4.69. The van der Waals surface area contributed by atoms with Crippen LogP contribution in [0.4, 0.5) is 0 Å². The molecule has 0 spiro atoms. The van der Waals surface area contributed by atoms with Crippen LogP contribution in [0.2, 0.25) is 0 Å². The molecule has 8 heteroatoms. The van der Waals surface area contributed by atoms with E-state index in [-0.39, 0.29) is 10.5 Å². The lowest BCUT2D eigenvalue weighted by Crippen LogP contribution is -2.25. The van der Waals surface area contributed by atoms with Crippen LogP contribution in [0.1, 0.15) is 20.3 Å². The molecule has 0 saturated heterocycles. The van der Waals surface area contributed by atoms with E-state index in [0.29, 0.717) is 38.2 Å². The first-order valence-electron chi connectivity index (χ1n) is 7.20. The number of ether oxygens (including phenoxy) is 1. The molecular weight excluding hydrogens is 308 g/mol. The van der Waals surface area contributed by atoms with Crippen molar-refractivity contribution >= 4 is 21.1 Å². The van der Waals surface area contributed by atoms with Gasteiger partial charge in [0.05, 0.1) is 10.4 Å². The SMILES string of the molecule is CCOCCCNS(=O)(=O)c1ccc2c(c1)oc(=O)n2CC. The van der Waals surface area contributed by atoms with Crippen molar-refractivity contribution in [3.8, 4) is 0 Å². The second-order valence-corrected chi connectivity index (χ2v) is 6.46.